The van der Waals surface area contributed by atoms with E-state index in [2.05, 4.69) is 19.6 Å². The highest BCUT2D eigenvalue weighted by atomic mass is 35.5. The van der Waals surface area contributed by atoms with Crippen molar-refractivity contribution in [3.05, 3.63) is 64.5 Å². The number of carbonyl (C=O) groups excluding carboxylic acids is 1. The molecule has 28 heavy (non-hydrogen) atoms. The minimum atomic E-state index is -4.03. The van der Waals surface area contributed by atoms with Gasteiger partial charge in [-0.15, -0.1) is 0 Å². The van der Waals surface area contributed by atoms with Crippen molar-refractivity contribution >= 4 is 27.6 Å². The molecule has 1 heterocycles. The number of methoxy groups -OCH3 is 1. The Morgan fingerprint density at radius 2 is 2.00 bits per heavy atom. The highest BCUT2D eigenvalue weighted by Crippen LogP contribution is 2.24. The fourth-order valence-electron chi connectivity index (χ4n) is 2.45. The second-order valence-electron chi connectivity index (χ2n) is 5.79. The van der Waals surface area contributed by atoms with E-state index in [1.54, 1.807) is 0 Å². The van der Waals surface area contributed by atoms with Crippen LogP contribution in [0, 0.1) is 6.92 Å². The third-order valence-electron chi connectivity index (χ3n) is 3.91. The molecule has 0 spiro atoms. The monoisotopic (exact) mass is 421 g/mol. The van der Waals surface area contributed by atoms with Gasteiger partial charge in [-0.2, -0.15) is 4.98 Å². The van der Waals surface area contributed by atoms with Gasteiger partial charge in [0.2, 0.25) is 21.7 Å². The van der Waals surface area contributed by atoms with Crippen LogP contribution >= 0.6 is 11.6 Å². The lowest BCUT2D eigenvalue weighted by atomic mass is 10.1. The van der Waals surface area contributed by atoms with Crippen LogP contribution in [-0.2, 0) is 21.3 Å². The normalized spacial score (nSPS) is 11.4. The number of ether oxygens (including phenoxy) is 1. The Morgan fingerprint density at radius 3 is 2.71 bits per heavy atom. The fraction of sp³-hybridized carbons (Fsp3) is 0.167. The summed E-state index contributed by atoms with van der Waals surface area (Å²) < 4.78 is 37.2. The van der Waals surface area contributed by atoms with Gasteiger partial charge in [-0.25, -0.2) is 17.9 Å². The first-order valence-corrected chi connectivity index (χ1v) is 9.94. The number of rotatable bonds is 6. The van der Waals surface area contributed by atoms with Crippen LogP contribution in [0.2, 0.25) is 5.02 Å². The standard InChI is InChI=1S/C18H16ClN3O5S/c1-11-5-3-4-6-13(11)17-21-16(27-22-17)10-20-28(24,25)15-9-12(18(23)26-2)7-8-14(15)19/h3-9,20H,10H2,1-2H3. The molecule has 10 heteroatoms. The van der Waals surface area contributed by atoms with E-state index < -0.39 is 16.0 Å². The molecule has 0 unspecified atom stereocenters. The third kappa shape index (κ3) is 4.22. The molecule has 8 nitrogen and oxygen atoms in total. The molecule has 0 saturated carbocycles. The van der Waals surface area contributed by atoms with Gasteiger partial charge < -0.3 is 9.26 Å². The van der Waals surface area contributed by atoms with Crippen LogP contribution < -0.4 is 4.72 Å². The van der Waals surface area contributed by atoms with Crippen LogP contribution in [0.1, 0.15) is 21.8 Å². The Labute approximate surface area is 166 Å². The number of halogens is 1. The van der Waals surface area contributed by atoms with Crippen molar-refractivity contribution < 1.29 is 22.5 Å². The highest BCUT2D eigenvalue weighted by molar-refractivity contribution is 7.89. The number of aromatic nitrogens is 2. The number of aryl methyl sites for hydroxylation is 1. The van der Waals surface area contributed by atoms with Crippen molar-refractivity contribution in [2.24, 2.45) is 0 Å². The smallest absolute Gasteiger partial charge is 0.337 e. The molecule has 3 aromatic rings. The summed E-state index contributed by atoms with van der Waals surface area (Å²) >= 11 is 5.99. The van der Waals surface area contributed by atoms with Crippen LogP contribution in [0.3, 0.4) is 0 Å². The van der Waals surface area contributed by atoms with E-state index in [1.165, 1.54) is 19.2 Å². The zero-order valence-corrected chi connectivity index (χ0v) is 16.5. The first kappa shape index (κ1) is 20.0. The summed E-state index contributed by atoms with van der Waals surface area (Å²) in [4.78, 5) is 15.6. The lowest BCUT2D eigenvalue weighted by Gasteiger charge is -2.08. The maximum atomic E-state index is 12.6. The quantitative estimate of drug-likeness (QED) is 0.609. The van der Waals surface area contributed by atoms with Gasteiger partial charge in [-0.1, -0.05) is 41.0 Å². The second kappa shape index (κ2) is 8.09. The van der Waals surface area contributed by atoms with E-state index in [1.807, 2.05) is 31.2 Å². The average Bonchev–Trinajstić information content (AvgIpc) is 3.15. The second-order valence-corrected chi connectivity index (χ2v) is 7.93. The Morgan fingerprint density at radius 1 is 1.25 bits per heavy atom. The predicted molar refractivity (Wildman–Crippen MR) is 101 cm³/mol. The van der Waals surface area contributed by atoms with Gasteiger partial charge in [-0.05, 0) is 30.7 Å². The Bertz CT molecular complexity index is 1130. The van der Waals surface area contributed by atoms with E-state index in [0.29, 0.717) is 5.82 Å². The molecule has 0 atom stereocenters. The Kier molecular flexibility index (Phi) is 5.78. The SMILES string of the molecule is COC(=O)c1ccc(Cl)c(S(=O)(=O)NCc2nc(-c3ccccc3C)no2)c1. The maximum Gasteiger partial charge on any atom is 0.337 e. The van der Waals surface area contributed by atoms with Gasteiger partial charge in [0, 0.05) is 5.56 Å². The fourth-order valence-corrected chi connectivity index (χ4v) is 3.95. The van der Waals surface area contributed by atoms with Crippen LogP contribution in [0.5, 0.6) is 0 Å². The molecule has 0 radical (unpaired) electrons. The number of carbonyl (C=O) groups is 1. The minimum absolute atomic E-state index is 0.0359. The van der Waals surface area contributed by atoms with Gasteiger partial charge in [-0.3, -0.25) is 0 Å². The molecule has 0 amide bonds. The minimum Gasteiger partial charge on any atom is -0.465 e. The summed E-state index contributed by atoms with van der Waals surface area (Å²) in [5.41, 5.74) is 1.81. The zero-order valence-electron chi connectivity index (χ0n) is 15.0. The zero-order chi connectivity index (χ0) is 20.3. The summed E-state index contributed by atoms with van der Waals surface area (Å²) in [5.74, 6) is -0.229. The Balaban J connectivity index is 1.80. The van der Waals surface area contributed by atoms with Gasteiger partial charge >= 0.3 is 5.97 Å². The van der Waals surface area contributed by atoms with Gasteiger partial charge in [0.25, 0.3) is 0 Å². The highest BCUT2D eigenvalue weighted by Gasteiger charge is 2.21. The van der Waals surface area contributed by atoms with E-state index in [0.717, 1.165) is 17.2 Å². The summed E-state index contributed by atoms with van der Waals surface area (Å²) in [6.45, 7) is 1.67. The number of hydrogen-bond acceptors (Lipinski definition) is 7. The summed E-state index contributed by atoms with van der Waals surface area (Å²) in [7, 11) is -2.84. The number of hydrogen-bond donors (Lipinski definition) is 1. The van der Waals surface area contributed by atoms with Gasteiger partial charge in [0.05, 0.1) is 24.2 Å². The van der Waals surface area contributed by atoms with Crippen molar-refractivity contribution in [2.45, 2.75) is 18.4 Å². The lowest BCUT2D eigenvalue weighted by molar-refractivity contribution is 0.0600. The third-order valence-corrected chi connectivity index (χ3v) is 5.79. The molecule has 0 saturated heterocycles. The van der Waals surface area contributed by atoms with Crippen molar-refractivity contribution in [1.82, 2.24) is 14.9 Å². The first-order chi connectivity index (χ1) is 13.3. The molecule has 1 aromatic heterocycles. The average molecular weight is 422 g/mol. The van der Waals surface area contributed by atoms with Crippen LogP contribution in [-0.4, -0.2) is 31.6 Å². The van der Waals surface area contributed by atoms with E-state index in [-0.39, 0.29) is 27.9 Å². The van der Waals surface area contributed by atoms with E-state index in [9.17, 15) is 13.2 Å². The van der Waals surface area contributed by atoms with Crippen molar-refractivity contribution in [3.63, 3.8) is 0 Å². The summed E-state index contributed by atoms with van der Waals surface area (Å²) in [6.07, 6.45) is 0. The number of sulfonamides is 1. The molecule has 0 aliphatic rings. The number of nitrogens with zero attached hydrogens (tertiary/aromatic N) is 2. The van der Waals surface area contributed by atoms with Crippen LogP contribution in [0.4, 0.5) is 0 Å². The van der Waals surface area contributed by atoms with E-state index in [4.69, 9.17) is 16.1 Å². The summed E-state index contributed by atoms with van der Waals surface area (Å²) in [6, 6.07) is 11.3. The molecule has 0 aliphatic heterocycles. The molecular formula is C18H16ClN3O5S. The number of esters is 1. The molecule has 146 valence electrons. The van der Waals surface area contributed by atoms with Crippen molar-refractivity contribution in [3.8, 4) is 11.4 Å². The molecule has 0 bridgehead atoms. The number of nitrogens with one attached hydrogen (secondary N) is 1. The molecule has 1 N–H and O–H groups in total. The Hall–Kier alpha value is -2.75. The largest absolute Gasteiger partial charge is 0.465 e. The van der Waals surface area contributed by atoms with Crippen LogP contribution in [0.15, 0.2) is 51.9 Å². The van der Waals surface area contributed by atoms with Gasteiger partial charge in [0.15, 0.2) is 0 Å². The van der Waals surface area contributed by atoms with Crippen molar-refractivity contribution in [2.75, 3.05) is 7.11 Å². The van der Waals surface area contributed by atoms with E-state index >= 15 is 0 Å². The molecule has 2 aromatic carbocycles. The molecular weight excluding hydrogens is 406 g/mol. The lowest BCUT2D eigenvalue weighted by Crippen LogP contribution is -2.24. The maximum absolute atomic E-state index is 12.6. The van der Waals surface area contributed by atoms with Crippen LogP contribution in [0.25, 0.3) is 11.4 Å². The summed E-state index contributed by atoms with van der Waals surface area (Å²) in [5, 5.41) is 3.84. The number of benzene rings is 2. The topological polar surface area (TPSA) is 111 Å². The molecule has 3 rings (SSSR count). The van der Waals surface area contributed by atoms with Crippen molar-refractivity contribution in [1.29, 1.82) is 0 Å². The van der Waals surface area contributed by atoms with Gasteiger partial charge in [0.1, 0.15) is 4.90 Å². The predicted octanol–water partition coefficient (Wildman–Crippen LogP) is 2.96. The first-order valence-electron chi connectivity index (χ1n) is 8.08. The molecule has 0 fully saturated rings. The molecule has 0 aliphatic carbocycles.